The molecule has 0 atom stereocenters. The predicted octanol–water partition coefficient (Wildman–Crippen LogP) is 2.25. The maximum atomic E-state index is 6.17. The number of para-hydroxylation sites is 1. The third-order valence-electron chi connectivity index (χ3n) is 3.03. The molecule has 88 valence electrons. The second-order valence-electron chi connectivity index (χ2n) is 3.99. The van der Waals surface area contributed by atoms with Crippen LogP contribution in [0.4, 0.5) is 5.69 Å². The van der Waals surface area contributed by atoms with Gasteiger partial charge in [-0.25, -0.2) is 0 Å². The largest absolute Gasteiger partial charge is 0.376 e. The number of hydrazine groups is 1. The summed E-state index contributed by atoms with van der Waals surface area (Å²) in [4.78, 5) is 4.62. The van der Waals surface area contributed by atoms with E-state index in [9.17, 15) is 0 Å². The lowest BCUT2D eigenvalue weighted by Crippen LogP contribution is -2.18. The van der Waals surface area contributed by atoms with Crippen LogP contribution in [0.5, 0.6) is 0 Å². The fourth-order valence-electron chi connectivity index (χ4n) is 2.21. The first-order chi connectivity index (χ1) is 8.31. The van der Waals surface area contributed by atoms with Crippen LogP contribution in [0, 0.1) is 0 Å². The predicted molar refractivity (Wildman–Crippen MR) is 67.9 cm³/mol. The lowest BCUT2D eigenvalue weighted by atomic mass is 10.0. The Morgan fingerprint density at radius 2 is 2.29 bits per heavy atom. The van der Waals surface area contributed by atoms with Crippen molar-refractivity contribution in [3.8, 4) is 0 Å². The summed E-state index contributed by atoms with van der Waals surface area (Å²) >= 11 is 6.17. The maximum Gasteiger partial charge on any atom is 0.0912 e. The Morgan fingerprint density at radius 3 is 3.12 bits per heavy atom. The number of aromatic nitrogens is 1. The molecule has 2 aromatic rings. The van der Waals surface area contributed by atoms with Gasteiger partial charge in [-0.2, -0.15) is 0 Å². The smallest absolute Gasteiger partial charge is 0.0912 e. The molecule has 0 saturated heterocycles. The van der Waals surface area contributed by atoms with Crippen LogP contribution in [0.15, 0.2) is 18.2 Å². The van der Waals surface area contributed by atoms with Crippen LogP contribution in [0.3, 0.4) is 0 Å². The molecule has 3 rings (SSSR count). The van der Waals surface area contributed by atoms with Crippen molar-refractivity contribution in [1.29, 1.82) is 0 Å². The van der Waals surface area contributed by atoms with Crippen molar-refractivity contribution in [1.82, 2.24) is 4.98 Å². The zero-order chi connectivity index (χ0) is 11.8. The van der Waals surface area contributed by atoms with E-state index in [0.717, 1.165) is 34.3 Å². The summed E-state index contributed by atoms with van der Waals surface area (Å²) < 4.78 is 5.45. The van der Waals surface area contributed by atoms with Crippen molar-refractivity contribution >= 4 is 28.2 Å². The van der Waals surface area contributed by atoms with Gasteiger partial charge >= 0.3 is 0 Å². The normalized spacial score (nSPS) is 14.7. The summed E-state index contributed by atoms with van der Waals surface area (Å²) in [6, 6.07) is 5.68. The van der Waals surface area contributed by atoms with Gasteiger partial charge in [0.25, 0.3) is 0 Å². The number of anilines is 1. The summed E-state index contributed by atoms with van der Waals surface area (Å²) in [5.74, 6) is 5.61. The molecule has 2 heterocycles. The maximum absolute atomic E-state index is 6.17. The van der Waals surface area contributed by atoms with Crippen LogP contribution < -0.4 is 11.3 Å². The van der Waals surface area contributed by atoms with Crippen molar-refractivity contribution < 1.29 is 4.74 Å². The van der Waals surface area contributed by atoms with E-state index >= 15 is 0 Å². The molecule has 0 bridgehead atoms. The van der Waals surface area contributed by atoms with Gasteiger partial charge in [0, 0.05) is 17.4 Å². The van der Waals surface area contributed by atoms with E-state index in [1.165, 1.54) is 0 Å². The Labute approximate surface area is 104 Å². The van der Waals surface area contributed by atoms with Gasteiger partial charge in [-0.3, -0.25) is 10.8 Å². The zero-order valence-electron chi connectivity index (χ0n) is 9.16. The highest BCUT2D eigenvalue weighted by atomic mass is 35.5. The van der Waals surface area contributed by atoms with Crippen LogP contribution in [0.1, 0.15) is 11.3 Å². The van der Waals surface area contributed by atoms with Crippen LogP contribution in [-0.2, 0) is 17.8 Å². The molecule has 1 aromatic carbocycles. The fraction of sp³-hybridized carbons (Fsp3) is 0.250. The zero-order valence-corrected chi connectivity index (χ0v) is 9.92. The first-order valence-electron chi connectivity index (χ1n) is 5.45. The first kappa shape index (κ1) is 10.8. The molecule has 0 fully saturated rings. The van der Waals surface area contributed by atoms with Crippen molar-refractivity contribution in [2.45, 2.75) is 13.0 Å². The van der Waals surface area contributed by atoms with Gasteiger partial charge in [0.15, 0.2) is 0 Å². The highest BCUT2D eigenvalue weighted by Gasteiger charge is 2.18. The topological polar surface area (TPSA) is 60.2 Å². The van der Waals surface area contributed by atoms with E-state index in [1.807, 2.05) is 18.2 Å². The van der Waals surface area contributed by atoms with Crippen molar-refractivity contribution in [2.75, 3.05) is 12.0 Å². The minimum Gasteiger partial charge on any atom is -0.376 e. The minimum absolute atomic E-state index is 0.546. The van der Waals surface area contributed by atoms with Gasteiger partial charge in [-0.15, -0.1) is 0 Å². The molecule has 4 nitrogen and oxygen atoms in total. The Hall–Kier alpha value is -1.36. The van der Waals surface area contributed by atoms with E-state index < -0.39 is 0 Å². The van der Waals surface area contributed by atoms with E-state index in [1.54, 1.807) is 0 Å². The van der Waals surface area contributed by atoms with Crippen molar-refractivity contribution in [2.24, 2.45) is 5.84 Å². The van der Waals surface area contributed by atoms with E-state index in [2.05, 4.69) is 10.4 Å². The van der Waals surface area contributed by atoms with Crippen LogP contribution in [-0.4, -0.2) is 11.6 Å². The van der Waals surface area contributed by atoms with Crippen molar-refractivity contribution in [3.05, 3.63) is 34.5 Å². The highest BCUT2D eigenvalue weighted by Crippen LogP contribution is 2.33. The van der Waals surface area contributed by atoms with Gasteiger partial charge in [0.2, 0.25) is 0 Å². The summed E-state index contributed by atoms with van der Waals surface area (Å²) in [6.07, 6.45) is 0.797. The lowest BCUT2D eigenvalue weighted by molar-refractivity contribution is 0.110. The number of halogens is 1. The van der Waals surface area contributed by atoms with Gasteiger partial charge in [0.1, 0.15) is 0 Å². The number of hydrogen-bond donors (Lipinski definition) is 2. The van der Waals surface area contributed by atoms with Crippen LogP contribution in [0.2, 0.25) is 5.02 Å². The molecule has 5 heteroatoms. The summed E-state index contributed by atoms with van der Waals surface area (Å²) in [7, 11) is 0. The monoisotopic (exact) mass is 249 g/mol. The van der Waals surface area contributed by atoms with Gasteiger partial charge < -0.3 is 10.2 Å². The second-order valence-corrected chi connectivity index (χ2v) is 4.40. The number of nitrogens with one attached hydrogen (secondary N) is 1. The Kier molecular flexibility index (Phi) is 2.63. The standard InChI is InChI=1S/C12H12ClN3O/c13-9-3-1-2-7-11(16-14)8-6-17-5-4-10(8)15-12(7)9/h1-3H,4-6,14H2,(H,15,16). The molecule has 0 spiro atoms. The number of benzene rings is 1. The average molecular weight is 250 g/mol. The van der Waals surface area contributed by atoms with E-state index in [-0.39, 0.29) is 0 Å². The van der Waals surface area contributed by atoms with Gasteiger partial charge in [0.05, 0.1) is 35.1 Å². The molecule has 17 heavy (non-hydrogen) atoms. The molecule has 3 N–H and O–H groups in total. The quantitative estimate of drug-likeness (QED) is 0.601. The number of rotatable bonds is 1. The molecule has 1 aliphatic heterocycles. The summed E-state index contributed by atoms with van der Waals surface area (Å²) in [5, 5.41) is 1.58. The molecule has 0 radical (unpaired) electrons. The Morgan fingerprint density at radius 1 is 1.41 bits per heavy atom. The van der Waals surface area contributed by atoms with Gasteiger partial charge in [-0.1, -0.05) is 23.7 Å². The number of fused-ring (bicyclic) bond motifs is 2. The van der Waals surface area contributed by atoms with Crippen LogP contribution >= 0.6 is 11.6 Å². The average Bonchev–Trinajstić information content (AvgIpc) is 2.37. The number of hydrogen-bond acceptors (Lipinski definition) is 4. The number of ether oxygens (including phenoxy) is 1. The number of nitrogens with two attached hydrogens (primary N) is 1. The fourth-order valence-corrected chi connectivity index (χ4v) is 2.43. The lowest BCUT2D eigenvalue weighted by Gasteiger charge is -2.20. The van der Waals surface area contributed by atoms with E-state index in [0.29, 0.717) is 18.2 Å². The minimum atomic E-state index is 0.546. The molecule has 1 aliphatic rings. The molecule has 0 amide bonds. The SMILES string of the molecule is NNc1c2c(nc3c(Cl)cccc13)CCOC2. The molecular weight excluding hydrogens is 238 g/mol. The Bertz CT molecular complexity index is 585. The number of nitrogen functional groups attached to an aromatic ring is 1. The van der Waals surface area contributed by atoms with Crippen molar-refractivity contribution in [3.63, 3.8) is 0 Å². The third kappa shape index (κ3) is 1.65. The highest BCUT2D eigenvalue weighted by molar-refractivity contribution is 6.35. The summed E-state index contributed by atoms with van der Waals surface area (Å²) in [6.45, 7) is 1.24. The summed E-state index contributed by atoms with van der Waals surface area (Å²) in [5.41, 5.74) is 6.46. The van der Waals surface area contributed by atoms with E-state index in [4.69, 9.17) is 22.2 Å². The molecule has 0 unspecified atom stereocenters. The number of pyridine rings is 1. The number of nitrogens with zero attached hydrogens (tertiary/aromatic N) is 1. The molecule has 0 aliphatic carbocycles. The first-order valence-corrected chi connectivity index (χ1v) is 5.83. The molecule has 0 saturated carbocycles. The van der Waals surface area contributed by atoms with Gasteiger partial charge in [-0.05, 0) is 6.07 Å². The molecular formula is C12H12ClN3O. The second kappa shape index (κ2) is 4.14. The molecule has 1 aromatic heterocycles. The Balaban J connectivity index is 2.39. The third-order valence-corrected chi connectivity index (χ3v) is 3.33. The van der Waals surface area contributed by atoms with Crippen LogP contribution in [0.25, 0.3) is 10.9 Å².